The van der Waals surface area contributed by atoms with Gasteiger partial charge in [-0.05, 0) is 71.6 Å². The highest BCUT2D eigenvalue weighted by Gasteiger charge is 2.42. The molecule has 0 aliphatic rings. The van der Waals surface area contributed by atoms with Gasteiger partial charge >= 0.3 is 0 Å². The van der Waals surface area contributed by atoms with Crippen molar-refractivity contribution >= 4 is 37.6 Å². The lowest BCUT2D eigenvalue weighted by Crippen LogP contribution is -2.39. The number of hydrogen-bond acceptors (Lipinski definition) is 3. The van der Waals surface area contributed by atoms with Crippen molar-refractivity contribution < 1.29 is 5.11 Å². The second-order valence-electron chi connectivity index (χ2n) is 8.93. The molecule has 0 bridgehead atoms. The lowest BCUT2D eigenvalue weighted by molar-refractivity contribution is 0.0122. The van der Waals surface area contributed by atoms with Gasteiger partial charge in [0.15, 0.2) is 0 Å². The molecule has 4 nitrogen and oxygen atoms in total. The Morgan fingerprint density at radius 3 is 2.46 bits per heavy atom. The molecule has 2 atom stereocenters. The van der Waals surface area contributed by atoms with E-state index in [4.69, 9.17) is 0 Å². The number of aliphatic hydroxyl groups is 1. The molecule has 0 amide bonds. The standard InChI is InChI=1S/C30H27BrN2O2/c1-32-17-16-30(35,26-13-7-11-20-8-5-6-12-24(20)26)28(21-9-3-2-4-10-21)25-19-22-18-23(31)14-15-27(22)33-29(25)34/h2-15,18-19,28,32,35H,16-17H2,1H3,(H,33,34)/t28-,30-/m1/s1. The van der Waals surface area contributed by atoms with E-state index in [9.17, 15) is 9.90 Å². The largest absolute Gasteiger partial charge is 0.384 e. The minimum absolute atomic E-state index is 0.197. The molecule has 0 aliphatic heterocycles. The molecule has 0 radical (unpaired) electrons. The molecule has 35 heavy (non-hydrogen) atoms. The third-order valence-electron chi connectivity index (χ3n) is 6.77. The monoisotopic (exact) mass is 526 g/mol. The molecule has 0 unspecified atom stereocenters. The number of nitrogens with one attached hydrogen (secondary N) is 2. The predicted octanol–water partition coefficient (Wildman–Crippen LogP) is 6.07. The highest BCUT2D eigenvalue weighted by molar-refractivity contribution is 9.10. The number of fused-ring (bicyclic) bond motifs is 2. The van der Waals surface area contributed by atoms with E-state index in [1.54, 1.807) is 0 Å². The van der Waals surface area contributed by atoms with Crippen LogP contribution in [0.2, 0.25) is 0 Å². The summed E-state index contributed by atoms with van der Waals surface area (Å²) in [6.45, 7) is 0.583. The minimum Gasteiger partial charge on any atom is -0.384 e. The van der Waals surface area contributed by atoms with E-state index in [-0.39, 0.29) is 5.56 Å². The number of aromatic amines is 1. The van der Waals surface area contributed by atoms with E-state index in [1.807, 2.05) is 92.0 Å². The van der Waals surface area contributed by atoms with Crippen LogP contribution >= 0.6 is 15.9 Å². The Morgan fingerprint density at radius 2 is 1.66 bits per heavy atom. The van der Waals surface area contributed by atoms with Crippen LogP contribution in [-0.2, 0) is 5.60 Å². The second-order valence-corrected chi connectivity index (χ2v) is 9.85. The van der Waals surface area contributed by atoms with Crippen LogP contribution in [0.3, 0.4) is 0 Å². The van der Waals surface area contributed by atoms with Crippen molar-refractivity contribution in [1.82, 2.24) is 10.3 Å². The maximum atomic E-state index is 13.6. The zero-order valence-electron chi connectivity index (χ0n) is 19.5. The van der Waals surface area contributed by atoms with E-state index in [0.29, 0.717) is 18.5 Å². The average molecular weight is 527 g/mol. The van der Waals surface area contributed by atoms with Gasteiger partial charge in [-0.1, -0.05) is 88.7 Å². The molecule has 0 aliphatic carbocycles. The highest BCUT2D eigenvalue weighted by Crippen LogP contribution is 2.45. The van der Waals surface area contributed by atoms with Gasteiger partial charge in [0, 0.05) is 21.5 Å². The Hall–Kier alpha value is -3.25. The summed E-state index contributed by atoms with van der Waals surface area (Å²) in [5, 5.41) is 18.9. The lowest BCUT2D eigenvalue weighted by atomic mass is 9.71. The fourth-order valence-electron chi connectivity index (χ4n) is 5.12. The van der Waals surface area contributed by atoms with Gasteiger partial charge in [-0.2, -0.15) is 0 Å². The Kier molecular flexibility index (Phi) is 6.56. The van der Waals surface area contributed by atoms with E-state index < -0.39 is 11.5 Å². The predicted molar refractivity (Wildman–Crippen MR) is 147 cm³/mol. The first-order chi connectivity index (χ1) is 17.0. The van der Waals surface area contributed by atoms with Gasteiger partial charge in [0.2, 0.25) is 0 Å². The number of benzene rings is 4. The van der Waals surface area contributed by atoms with Crippen LogP contribution in [0, 0.1) is 0 Å². The third kappa shape index (κ3) is 4.43. The van der Waals surface area contributed by atoms with Gasteiger partial charge in [0.05, 0.1) is 0 Å². The molecule has 3 N–H and O–H groups in total. The quantitative estimate of drug-likeness (QED) is 0.241. The minimum atomic E-state index is -1.35. The number of aromatic nitrogens is 1. The first-order valence-electron chi connectivity index (χ1n) is 11.7. The van der Waals surface area contributed by atoms with E-state index in [2.05, 4.69) is 38.4 Å². The Balaban J connectivity index is 1.83. The maximum Gasteiger partial charge on any atom is 0.252 e. The summed E-state index contributed by atoms with van der Waals surface area (Å²) in [7, 11) is 1.88. The van der Waals surface area contributed by atoms with Gasteiger partial charge in [0.25, 0.3) is 5.56 Å². The van der Waals surface area contributed by atoms with Crippen LogP contribution < -0.4 is 10.9 Å². The average Bonchev–Trinajstić information content (AvgIpc) is 2.88. The number of hydrogen-bond donors (Lipinski definition) is 3. The zero-order valence-corrected chi connectivity index (χ0v) is 21.0. The lowest BCUT2D eigenvalue weighted by Gasteiger charge is -2.38. The van der Waals surface area contributed by atoms with Crippen LogP contribution in [-0.4, -0.2) is 23.7 Å². The summed E-state index contributed by atoms with van der Waals surface area (Å²) >= 11 is 3.55. The molecule has 4 aromatic carbocycles. The topological polar surface area (TPSA) is 65.1 Å². The smallest absolute Gasteiger partial charge is 0.252 e. The van der Waals surface area contributed by atoms with Crippen LogP contribution in [0.4, 0.5) is 0 Å². The van der Waals surface area contributed by atoms with E-state index in [1.165, 1.54) is 0 Å². The summed E-state index contributed by atoms with van der Waals surface area (Å²) < 4.78 is 0.929. The van der Waals surface area contributed by atoms with Gasteiger partial charge < -0.3 is 15.4 Å². The van der Waals surface area contributed by atoms with Crippen molar-refractivity contribution in [2.45, 2.75) is 17.9 Å². The number of halogens is 1. The fourth-order valence-corrected chi connectivity index (χ4v) is 5.50. The summed E-state index contributed by atoms with van der Waals surface area (Å²) in [4.78, 5) is 16.6. The molecule has 5 rings (SSSR count). The van der Waals surface area contributed by atoms with Gasteiger partial charge in [-0.15, -0.1) is 0 Å². The number of rotatable bonds is 7. The van der Waals surface area contributed by atoms with E-state index in [0.717, 1.165) is 37.3 Å². The first kappa shape index (κ1) is 23.5. The normalized spacial score (nSPS) is 14.1. The molecular weight excluding hydrogens is 500 g/mol. The second kappa shape index (κ2) is 9.78. The molecule has 1 heterocycles. The molecular formula is C30H27BrN2O2. The first-order valence-corrected chi connectivity index (χ1v) is 12.5. The summed E-state index contributed by atoms with van der Waals surface area (Å²) in [6.07, 6.45) is 0.424. The molecule has 176 valence electrons. The van der Waals surface area contributed by atoms with Crippen molar-refractivity contribution in [3.05, 3.63) is 129 Å². The number of pyridine rings is 1. The molecule has 0 spiro atoms. The molecule has 0 fully saturated rings. The Labute approximate surface area is 212 Å². The van der Waals surface area contributed by atoms with Crippen LogP contribution in [0.5, 0.6) is 0 Å². The molecule has 5 aromatic rings. The number of H-pyrrole nitrogens is 1. The zero-order chi connectivity index (χ0) is 24.4. The Bertz CT molecular complexity index is 1540. The van der Waals surface area contributed by atoms with Crippen molar-refractivity contribution in [3.8, 4) is 0 Å². The SMILES string of the molecule is CNCC[C@@](O)(c1cccc2ccccc12)[C@H](c1ccccc1)c1cc2cc(Br)ccc2[nH]c1=O. The third-order valence-corrected chi connectivity index (χ3v) is 7.26. The van der Waals surface area contributed by atoms with Crippen LogP contribution in [0.1, 0.15) is 29.0 Å². The van der Waals surface area contributed by atoms with Crippen molar-refractivity contribution in [3.63, 3.8) is 0 Å². The van der Waals surface area contributed by atoms with Gasteiger partial charge in [-0.3, -0.25) is 4.79 Å². The Morgan fingerprint density at radius 1 is 0.914 bits per heavy atom. The maximum absolute atomic E-state index is 13.6. The summed E-state index contributed by atoms with van der Waals surface area (Å²) in [5.74, 6) is -0.588. The van der Waals surface area contributed by atoms with Crippen molar-refractivity contribution in [2.75, 3.05) is 13.6 Å². The van der Waals surface area contributed by atoms with Crippen molar-refractivity contribution in [2.24, 2.45) is 0 Å². The van der Waals surface area contributed by atoms with E-state index >= 15 is 0 Å². The molecule has 1 aromatic heterocycles. The summed E-state index contributed by atoms with van der Waals surface area (Å²) in [5.41, 5.74) is 1.45. The van der Waals surface area contributed by atoms with Crippen LogP contribution in [0.25, 0.3) is 21.7 Å². The van der Waals surface area contributed by atoms with Gasteiger partial charge in [0.1, 0.15) is 5.60 Å². The summed E-state index contributed by atoms with van der Waals surface area (Å²) in [6, 6.07) is 31.6. The molecule has 5 heteroatoms. The molecule has 0 saturated heterocycles. The molecule has 0 saturated carbocycles. The van der Waals surface area contributed by atoms with Crippen molar-refractivity contribution in [1.29, 1.82) is 0 Å². The highest BCUT2D eigenvalue weighted by atomic mass is 79.9. The fraction of sp³-hybridized carbons (Fsp3) is 0.167. The van der Waals surface area contributed by atoms with Crippen LogP contribution in [0.15, 0.2) is 106 Å². The van der Waals surface area contributed by atoms with Gasteiger partial charge in [-0.25, -0.2) is 0 Å².